The molecule has 1 unspecified atom stereocenters. The number of halogens is 1. The molecule has 3 rings (SSSR count). The first-order chi connectivity index (χ1) is 10.2. The van der Waals surface area contributed by atoms with Crippen molar-refractivity contribution in [3.05, 3.63) is 77.4 Å². The minimum absolute atomic E-state index is 1.02. The molecule has 0 spiro atoms. The lowest BCUT2D eigenvalue weighted by Gasteiger charge is -2.11. The van der Waals surface area contributed by atoms with Crippen LogP contribution >= 0.6 is 15.9 Å². The van der Waals surface area contributed by atoms with Gasteiger partial charge < -0.3 is 0 Å². The van der Waals surface area contributed by atoms with E-state index in [1.165, 1.54) is 10.4 Å². The van der Waals surface area contributed by atoms with Gasteiger partial charge in [0.15, 0.2) is 0 Å². The topological polar surface area (TPSA) is 12.9 Å². The molecule has 21 heavy (non-hydrogen) atoms. The van der Waals surface area contributed by atoms with Crippen LogP contribution in [0.3, 0.4) is 0 Å². The number of hydrogen-bond acceptors (Lipinski definition) is 1. The van der Waals surface area contributed by atoms with E-state index in [0.29, 0.717) is 0 Å². The van der Waals surface area contributed by atoms with E-state index in [1.54, 1.807) is 0 Å². The Hall–Kier alpha value is -1.71. The van der Waals surface area contributed by atoms with Crippen molar-refractivity contribution in [1.29, 1.82) is 0 Å². The Morgan fingerprint density at radius 1 is 0.857 bits per heavy atom. The second kappa shape index (κ2) is 6.37. The summed E-state index contributed by atoms with van der Waals surface area (Å²) in [5.41, 5.74) is 2.17. The van der Waals surface area contributed by atoms with Crippen LogP contribution in [0.2, 0.25) is 6.55 Å². The van der Waals surface area contributed by atoms with Gasteiger partial charge in [-0.2, -0.15) is 0 Å². The van der Waals surface area contributed by atoms with Gasteiger partial charge in [0.1, 0.15) is 8.80 Å². The zero-order valence-corrected chi connectivity index (χ0v) is 14.6. The Balaban J connectivity index is 1.88. The van der Waals surface area contributed by atoms with Gasteiger partial charge in [-0.3, -0.25) is 4.98 Å². The van der Waals surface area contributed by atoms with E-state index in [-0.39, 0.29) is 0 Å². The summed E-state index contributed by atoms with van der Waals surface area (Å²) < 4.78 is 1.08. The predicted octanol–water partition coefficient (Wildman–Crippen LogP) is 3.48. The quantitative estimate of drug-likeness (QED) is 0.657. The molecule has 3 aromatic rings. The Labute approximate surface area is 135 Å². The van der Waals surface area contributed by atoms with Gasteiger partial charge in [-0.25, -0.2) is 0 Å². The minimum atomic E-state index is -1.11. The molecule has 0 bridgehead atoms. The Morgan fingerprint density at radius 3 is 2.33 bits per heavy atom. The second-order valence-corrected chi connectivity index (χ2v) is 8.81. The monoisotopic (exact) mass is 353 g/mol. The summed E-state index contributed by atoms with van der Waals surface area (Å²) in [6.07, 6.45) is 2.04. The maximum absolute atomic E-state index is 4.65. The van der Waals surface area contributed by atoms with Crippen LogP contribution in [0.1, 0.15) is 0 Å². The number of rotatable bonds is 3. The second-order valence-electron chi connectivity index (χ2n) is 5.12. The van der Waals surface area contributed by atoms with Crippen molar-refractivity contribution in [1.82, 2.24) is 4.98 Å². The zero-order chi connectivity index (χ0) is 14.7. The molecule has 0 amide bonds. The van der Waals surface area contributed by atoms with Crippen molar-refractivity contribution in [2.45, 2.75) is 6.55 Å². The van der Waals surface area contributed by atoms with Gasteiger partial charge in [0.25, 0.3) is 0 Å². The third-order valence-corrected chi connectivity index (χ3v) is 6.93. The average molecular weight is 354 g/mol. The van der Waals surface area contributed by atoms with Crippen molar-refractivity contribution in [3.63, 3.8) is 0 Å². The third-order valence-electron chi connectivity index (χ3n) is 3.71. The van der Waals surface area contributed by atoms with E-state index in [9.17, 15) is 0 Å². The molecular weight excluding hydrogens is 338 g/mol. The van der Waals surface area contributed by atoms with Crippen molar-refractivity contribution < 1.29 is 0 Å². The van der Waals surface area contributed by atoms with Gasteiger partial charge in [0.2, 0.25) is 0 Å². The van der Waals surface area contributed by atoms with Crippen LogP contribution in [0.15, 0.2) is 77.4 Å². The molecule has 0 aliphatic rings. The zero-order valence-electron chi connectivity index (χ0n) is 11.8. The lowest BCUT2D eigenvalue weighted by atomic mass is 10.1. The van der Waals surface area contributed by atoms with Crippen LogP contribution in [0.25, 0.3) is 11.3 Å². The molecule has 1 nitrogen and oxygen atoms in total. The first-order valence-electron chi connectivity index (χ1n) is 7.01. The summed E-state index contributed by atoms with van der Waals surface area (Å²) in [7, 11) is -1.11. The maximum atomic E-state index is 4.65. The summed E-state index contributed by atoms with van der Waals surface area (Å²) in [5.74, 6) is 0. The van der Waals surface area contributed by atoms with E-state index >= 15 is 0 Å². The van der Waals surface area contributed by atoms with Crippen LogP contribution in [0, 0.1) is 0 Å². The number of nitrogens with zero attached hydrogens (tertiary/aromatic N) is 1. The molecule has 0 N–H and O–H groups in total. The van der Waals surface area contributed by atoms with Crippen molar-refractivity contribution >= 4 is 35.1 Å². The fraction of sp³-hybridized carbons (Fsp3) is 0.0556. The molecule has 1 aromatic heterocycles. The highest BCUT2D eigenvalue weighted by Gasteiger charge is 2.10. The number of hydrogen-bond donors (Lipinski definition) is 0. The smallest absolute Gasteiger partial charge is 0.102 e. The highest BCUT2D eigenvalue weighted by Crippen LogP contribution is 2.20. The Morgan fingerprint density at radius 2 is 1.67 bits per heavy atom. The van der Waals surface area contributed by atoms with Gasteiger partial charge in [-0.15, -0.1) is 0 Å². The first-order valence-corrected chi connectivity index (χ1v) is 10.1. The molecule has 0 saturated heterocycles. The molecule has 0 aliphatic carbocycles. The summed E-state index contributed by atoms with van der Waals surface area (Å²) in [6.45, 7) is 2.35. The van der Waals surface area contributed by atoms with Gasteiger partial charge in [-0.1, -0.05) is 76.2 Å². The van der Waals surface area contributed by atoms with Crippen molar-refractivity contribution in [2.24, 2.45) is 0 Å². The summed E-state index contributed by atoms with van der Waals surface area (Å²) in [4.78, 5) is 4.65. The summed E-state index contributed by atoms with van der Waals surface area (Å²) in [5, 5.41) is 2.83. The molecule has 2 aromatic carbocycles. The summed E-state index contributed by atoms with van der Waals surface area (Å²) >= 11 is 3.51. The van der Waals surface area contributed by atoms with E-state index in [1.807, 2.05) is 18.3 Å². The van der Waals surface area contributed by atoms with Crippen molar-refractivity contribution in [3.8, 4) is 11.3 Å². The molecule has 1 heterocycles. The summed E-state index contributed by atoms with van der Waals surface area (Å²) in [6, 6.07) is 23.3. The highest BCUT2D eigenvalue weighted by molar-refractivity contribution is 9.10. The van der Waals surface area contributed by atoms with Crippen LogP contribution in [0.4, 0.5) is 0 Å². The molecule has 0 saturated carbocycles. The van der Waals surface area contributed by atoms with Crippen molar-refractivity contribution in [2.75, 3.05) is 0 Å². The number of benzene rings is 2. The lowest BCUT2D eigenvalue weighted by Crippen LogP contribution is -2.39. The normalized spacial score (nSPS) is 12.1. The maximum Gasteiger partial charge on any atom is 0.102 e. The molecule has 104 valence electrons. The fourth-order valence-corrected chi connectivity index (χ4v) is 4.68. The predicted molar refractivity (Wildman–Crippen MR) is 96.1 cm³/mol. The minimum Gasteiger partial charge on any atom is -0.256 e. The SMILES string of the molecule is C[SiH](c1ccccc1)c1ccc(-c2cccc(Br)c2)nc1. The van der Waals surface area contributed by atoms with E-state index in [2.05, 4.69) is 82.1 Å². The molecular formula is C18H16BrNSi. The van der Waals surface area contributed by atoms with Crippen LogP contribution < -0.4 is 10.4 Å². The molecule has 0 aliphatic heterocycles. The lowest BCUT2D eigenvalue weighted by molar-refractivity contribution is 1.34. The van der Waals surface area contributed by atoms with Crippen LogP contribution in [0.5, 0.6) is 0 Å². The first kappa shape index (κ1) is 14.2. The van der Waals surface area contributed by atoms with E-state index in [0.717, 1.165) is 15.7 Å². The van der Waals surface area contributed by atoms with Gasteiger partial charge in [0.05, 0.1) is 5.69 Å². The standard InChI is InChI=1S/C18H16BrNSi/c1-21(16-8-3-2-4-9-16)17-10-11-18(20-13-17)14-6-5-7-15(19)12-14/h2-13,21H,1H3. The number of pyridine rings is 1. The third kappa shape index (κ3) is 3.31. The highest BCUT2D eigenvalue weighted by atomic mass is 79.9. The molecule has 0 radical (unpaired) electrons. The van der Waals surface area contributed by atoms with Crippen LogP contribution in [-0.4, -0.2) is 13.8 Å². The Bertz CT molecular complexity index is 726. The van der Waals surface area contributed by atoms with Gasteiger partial charge >= 0.3 is 0 Å². The van der Waals surface area contributed by atoms with Gasteiger partial charge in [-0.05, 0) is 23.4 Å². The molecule has 1 atom stereocenters. The van der Waals surface area contributed by atoms with E-state index < -0.39 is 8.80 Å². The Kier molecular flexibility index (Phi) is 4.32. The van der Waals surface area contributed by atoms with Gasteiger partial charge in [0, 0.05) is 16.2 Å². The largest absolute Gasteiger partial charge is 0.256 e. The van der Waals surface area contributed by atoms with E-state index in [4.69, 9.17) is 0 Å². The fourth-order valence-electron chi connectivity index (χ4n) is 2.41. The number of aromatic nitrogens is 1. The molecule has 0 fully saturated rings. The molecule has 3 heteroatoms. The average Bonchev–Trinajstić information content (AvgIpc) is 2.55. The van der Waals surface area contributed by atoms with Crippen LogP contribution in [-0.2, 0) is 0 Å².